The number of aromatic nitrogens is 2. The standard InChI is InChI=1S/C12H11FN2O/c13-9-5-4-8-7-14-15(11(8)6-9)10-2-1-3-12(10)16/h4-7,10H,1-3H2. The van der Waals surface area contributed by atoms with Gasteiger partial charge in [-0.1, -0.05) is 0 Å². The zero-order chi connectivity index (χ0) is 11.1. The van der Waals surface area contributed by atoms with Crippen molar-refractivity contribution in [1.82, 2.24) is 9.78 Å². The Labute approximate surface area is 91.9 Å². The highest BCUT2D eigenvalue weighted by atomic mass is 19.1. The van der Waals surface area contributed by atoms with Gasteiger partial charge in [0.25, 0.3) is 0 Å². The number of nitrogens with zero attached hydrogens (tertiary/aromatic N) is 2. The van der Waals surface area contributed by atoms with Crippen LogP contribution in [0.2, 0.25) is 0 Å². The molecule has 1 saturated carbocycles. The van der Waals surface area contributed by atoms with Crippen LogP contribution in [-0.4, -0.2) is 15.6 Å². The van der Waals surface area contributed by atoms with E-state index in [2.05, 4.69) is 5.10 Å². The van der Waals surface area contributed by atoms with Crippen LogP contribution in [0.1, 0.15) is 25.3 Å². The number of rotatable bonds is 1. The van der Waals surface area contributed by atoms with E-state index in [1.807, 2.05) is 0 Å². The molecule has 0 amide bonds. The summed E-state index contributed by atoms with van der Waals surface area (Å²) < 4.78 is 14.8. The zero-order valence-corrected chi connectivity index (χ0v) is 8.69. The molecule has 0 bridgehead atoms. The van der Waals surface area contributed by atoms with Gasteiger partial charge < -0.3 is 0 Å². The predicted octanol–water partition coefficient (Wildman–Crippen LogP) is 2.47. The Hall–Kier alpha value is -1.71. The topological polar surface area (TPSA) is 34.9 Å². The molecule has 1 heterocycles. The fourth-order valence-corrected chi connectivity index (χ4v) is 2.32. The van der Waals surface area contributed by atoms with Gasteiger partial charge in [-0.05, 0) is 31.0 Å². The van der Waals surface area contributed by atoms with Crippen molar-refractivity contribution >= 4 is 16.7 Å². The van der Waals surface area contributed by atoms with E-state index < -0.39 is 0 Å². The number of carbonyl (C=O) groups is 1. The maximum atomic E-state index is 13.2. The van der Waals surface area contributed by atoms with Gasteiger partial charge in [0, 0.05) is 11.8 Å². The van der Waals surface area contributed by atoms with Crippen molar-refractivity contribution in [1.29, 1.82) is 0 Å². The average molecular weight is 218 g/mol. The van der Waals surface area contributed by atoms with Gasteiger partial charge in [0.05, 0.1) is 11.7 Å². The molecule has 4 heteroatoms. The Kier molecular flexibility index (Phi) is 2.02. The van der Waals surface area contributed by atoms with E-state index in [4.69, 9.17) is 0 Å². The minimum absolute atomic E-state index is 0.195. The van der Waals surface area contributed by atoms with Gasteiger partial charge in [-0.3, -0.25) is 9.48 Å². The van der Waals surface area contributed by atoms with Crippen LogP contribution >= 0.6 is 0 Å². The number of halogens is 1. The molecule has 3 rings (SSSR count). The van der Waals surface area contributed by atoms with Crippen LogP contribution in [0.15, 0.2) is 24.4 Å². The third-order valence-corrected chi connectivity index (χ3v) is 3.13. The third kappa shape index (κ3) is 1.33. The Morgan fingerprint density at radius 2 is 2.31 bits per heavy atom. The first-order valence-electron chi connectivity index (χ1n) is 5.41. The number of ketones is 1. The lowest BCUT2D eigenvalue weighted by Crippen LogP contribution is -2.14. The van der Waals surface area contributed by atoms with Crippen LogP contribution in [0, 0.1) is 5.82 Å². The summed E-state index contributed by atoms with van der Waals surface area (Å²) in [5.41, 5.74) is 0.709. The van der Waals surface area contributed by atoms with Crippen molar-refractivity contribution in [3.05, 3.63) is 30.2 Å². The van der Waals surface area contributed by atoms with Crippen LogP contribution in [0.5, 0.6) is 0 Å². The summed E-state index contributed by atoms with van der Waals surface area (Å²) in [5.74, 6) is -0.0889. The Morgan fingerprint density at radius 1 is 1.44 bits per heavy atom. The summed E-state index contributed by atoms with van der Waals surface area (Å²) in [6, 6.07) is 4.34. The highest BCUT2D eigenvalue weighted by Crippen LogP contribution is 2.29. The van der Waals surface area contributed by atoms with E-state index in [0.29, 0.717) is 11.9 Å². The summed E-state index contributed by atoms with van der Waals surface area (Å²) in [6.45, 7) is 0. The summed E-state index contributed by atoms with van der Waals surface area (Å²) in [7, 11) is 0. The molecule has 1 atom stereocenters. The number of fused-ring (bicyclic) bond motifs is 1. The molecule has 0 spiro atoms. The quantitative estimate of drug-likeness (QED) is 0.737. The van der Waals surface area contributed by atoms with E-state index in [0.717, 1.165) is 18.2 Å². The van der Waals surface area contributed by atoms with Crippen LogP contribution in [0.4, 0.5) is 4.39 Å². The maximum Gasteiger partial charge on any atom is 0.157 e. The number of hydrogen-bond donors (Lipinski definition) is 0. The first kappa shape index (κ1) is 9.51. The lowest BCUT2D eigenvalue weighted by molar-refractivity contribution is -0.120. The Morgan fingerprint density at radius 3 is 3.06 bits per heavy atom. The van der Waals surface area contributed by atoms with Crippen LogP contribution < -0.4 is 0 Å². The highest BCUT2D eigenvalue weighted by molar-refractivity contribution is 5.87. The van der Waals surface area contributed by atoms with E-state index in [-0.39, 0.29) is 17.6 Å². The second kappa shape index (κ2) is 3.40. The van der Waals surface area contributed by atoms with Crippen LogP contribution in [0.3, 0.4) is 0 Å². The van der Waals surface area contributed by atoms with Crippen molar-refractivity contribution in [2.45, 2.75) is 25.3 Å². The van der Waals surface area contributed by atoms with Crippen molar-refractivity contribution in [2.75, 3.05) is 0 Å². The van der Waals surface area contributed by atoms with Gasteiger partial charge in [0.1, 0.15) is 11.9 Å². The van der Waals surface area contributed by atoms with E-state index in [1.54, 1.807) is 16.9 Å². The Balaban J connectivity index is 2.16. The second-order valence-electron chi connectivity index (χ2n) is 4.17. The van der Waals surface area contributed by atoms with Gasteiger partial charge in [-0.2, -0.15) is 5.10 Å². The Bertz CT molecular complexity index is 561. The van der Waals surface area contributed by atoms with Gasteiger partial charge in [-0.15, -0.1) is 0 Å². The number of hydrogen-bond acceptors (Lipinski definition) is 2. The molecule has 1 aromatic carbocycles. The summed E-state index contributed by atoms with van der Waals surface area (Å²) in [4.78, 5) is 11.6. The minimum Gasteiger partial charge on any atom is -0.297 e. The summed E-state index contributed by atoms with van der Waals surface area (Å²) in [6.07, 6.45) is 4.01. The molecule has 0 N–H and O–H groups in total. The van der Waals surface area contributed by atoms with E-state index >= 15 is 0 Å². The first-order valence-corrected chi connectivity index (χ1v) is 5.41. The molecule has 1 unspecified atom stereocenters. The number of Topliss-reactive ketones (excluding diaryl/α,β-unsaturated/α-hetero) is 1. The van der Waals surface area contributed by atoms with Crippen LogP contribution in [-0.2, 0) is 4.79 Å². The van der Waals surface area contributed by atoms with Gasteiger partial charge >= 0.3 is 0 Å². The molecule has 1 fully saturated rings. The van der Waals surface area contributed by atoms with Crippen molar-refractivity contribution < 1.29 is 9.18 Å². The van der Waals surface area contributed by atoms with Gasteiger partial charge in [-0.25, -0.2) is 4.39 Å². The molecule has 1 aliphatic carbocycles. The minimum atomic E-state index is -0.292. The van der Waals surface area contributed by atoms with Gasteiger partial charge in [0.15, 0.2) is 5.78 Å². The predicted molar refractivity (Wildman–Crippen MR) is 57.6 cm³/mol. The van der Waals surface area contributed by atoms with Crippen molar-refractivity contribution in [3.8, 4) is 0 Å². The fourth-order valence-electron chi connectivity index (χ4n) is 2.32. The average Bonchev–Trinajstić information content (AvgIpc) is 2.83. The van der Waals surface area contributed by atoms with E-state index in [9.17, 15) is 9.18 Å². The van der Waals surface area contributed by atoms with Crippen molar-refractivity contribution in [3.63, 3.8) is 0 Å². The lowest BCUT2D eigenvalue weighted by Gasteiger charge is -2.09. The third-order valence-electron chi connectivity index (χ3n) is 3.13. The number of carbonyl (C=O) groups excluding carboxylic acids is 1. The molecule has 0 saturated heterocycles. The number of benzene rings is 1. The summed E-state index contributed by atoms with van der Waals surface area (Å²) in [5, 5.41) is 5.07. The molecule has 0 aliphatic heterocycles. The highest BCUT2D eigenvalue weighted by Gasteiger charge is 2.27. The first-order chi connectivity index (χ1) is 7.75. The maximum absolute atomic E-state index is 13.2. The largest absolute Gasteiger partial charge is 0.297 e. The molecular formula is C12H11FN2O. The zero-order valence-electron chi connectivity index (χ0n) is 8.69. The molecular weight excluding hydrogens is 207 g/mol. The van der Waals surface area contributed by atoms with Crippen molar-refractivity contribution in [2.24, 2.45) is 0 Å². The molecule has 3 nitrogen and oxygen atoms in total. The van der Waals surface area contributed by atoms with Gasteiger partial charge in [0.2, 0.25) is 0 Å². The molecule has 0 radical (unpaired) electrons. The van der Waals surface area contributed by atoms with E-state index in [1.165, 1.54) is 12.1 Å². The smallest absolute Gasteiger partial charge is 0.157 e. The molecule has 1 aromatic heterocycles. The monoisotopic (exact) mass is 218 g/mol. The SMILES string of the molecule is O=C1CCCC1n1ncc2ccc(F)cc21. The molecule has 82 valence electrons. The lowest BCUT2D eigenvalue weighted by atomic mass is 10.2. The fraction of sp³-hybridized carbons (Fsp3) is 0.333. The normalized spacial score (nSPS) is 20.8. The molecule has 1 aliphatic rings. The second-order valence-corrected chi connectivity index (χ2v) is 4.17. The summed E-state index contributed by atoms with van der Waals surface area (Å²) >= 11 is 0. The molecule has 2 aromatic rings. The van der Waals surface area contributed by atoms with Crippen LogP contribution in [0.25, 0.3) is 10.9 Å². The molecule has 16 heavy (non-hydrogen) atoms.